The van der Waals surface area contributed by atoms with Gasteiger partial charge in [0.15, 0.2) is 0 Å². The number of ether oxygens (including phenoxy) is 1. The second-order valence-electron chi connectivity index (χ2n) is 5.45. The van der Waals surface area contributed by atoms with Crippen LogP contribution in [0.25, 0.3) is 0 Å². The van der Waals surface area contributed by atoms with Crippen LogP contribution in [0.3, 0.4) is 0 Å². The standard InChI is InChI=1S/C10H15N.C9H12O/c1-9-6-4-5-7-10(9)8-11(2)3;1-8(10-2)9-6-4-3-5-7-9/h4-7H,8H2,1-3H3;3-8H,1-2H3/t;8-/m.1/s1. The summed E-state index contributed by atoms with van der Waals surface area (Å²) in [6.45, 7) is 5.22. The number of aryl methyl sites for hydroxylation is 1. The summed E-state index contributed by atoms with van der Waals surface area (Å²) in [5, 5.41) is 0. The summed E-state index contributed by atoms with van der Waals surface area (Å²) in [5.41, 5.74) is 4.02. The van der Waals surface area contributed by atoms with E-state index in [1.54, 1.807) is 7.11 Å². The first kappa shape index (κ1) is 17.4. The first-order valence-electron chi connectivity index (χ1n) is 7.31. The molecule has 0 N–H and O–H groups in total. The number of methoxy groups -OCH3 is 1. The first-order valence-corrected chi connectivity index (χ1v) is 7.31. The van der Waals surface area contributed by atoms with Crippen LogP contribution in [-0.2, 0) is 11.3 Å². The van der Waals surface area contributed by atoms with E-state index in [4.69, 9.17) is 4.74 Å². The number of benzene rings is 2. The van der Waals surface area contributed by atoms with Gasteiger partial charge in [0.05, 0.1) is 6.10 Å². The Hall–Kier alpha value is -1.64. The molecule has 0 unspecified atom stereocenters. The van der Waals surface area contributed by atoms with Gasteiger partial charge in [-0.1, -0.05) is 54.6 Å². The molecule has 2 rings (SSSR count). The van der Waals surface area contributed by atoms with Crippen molar-refractivity contribution in [3.05, 3.63) is 71.3 Å². The van der Waals surface area contributed by atoms with Gasteiger partial charge in [-0.2, -0.15) is 0 Å². The van der Waals surface area contributed by atoms with Crippen molar-refractivity contribution in [3.63, 3.8) is 0 Å². The minimum absolute atomic E-state index is 0.209. The normalized spacial score (nSPS) is 11.7. The number of rotatable bonds is 4. The van der Waals surface area contributed by atoms with Crippen molar-refractivity contribution < 1.29 is 4.74 Å². The summed E-state index contributed by atoms with van der Waals surface area (Å²) < 4.78 is 5.14. The number of hydrogen-bond acceptors (Lipinski definition) is 2. The van der Waals surface area contributed by atoms with E-state index in [-0.39, 0.29) is 6.10 Å². The highest BCUT2D eigenvalue weighted by atomic mass is 16.5. The second-order valence-corrected chi connectivity index (χ2v) is 5.45. The molecule has 0 heterocycles. The van der Waals surface area contributed by atoms with Crippen LogP contribution < -0.4 is 0 Å². The molecule has 1 atom stereocenters. The smallest absolute Gasteiger partial charge is 0.0793 e. The molecular formula is C19H27NO. The topological polar surface area (TPSA) is 12.5 Å². The van der Waals surface area contributed by atoms with E-state index in [0.717, 1.165) is 6.54 Å². The monoisotopic (exact) mass is 285 g/mol. The molecule has 0 saturated heterocycles. The van der Waals surface area contributed by atoms with Gasteiger partial charge in [0.25, 0.3) is 0 Å². The Kier molecular flexibility index (Phi) is 7.73. The molecule has 114 valence electrons. The fourth-order valence-electron chi connectivity index (χ4n) is 1.99. The van der Waals surface area contributed by atoms with Crippen molar-refractivity contribution in [3.8, 4) is 0 Å². The molecule has 2 heteroatoms. The van der Waals surface area contributed by atoms with Gasteiger partial charge in [-0.25, -0.2) is 0 Å². The van der Waals surface area contributed by atoms with Crippen molar-refractivity contribution in [2.24, 2.45) is 0 Å². The number of nitrogens with zero attached hydrogens (tertiary/aromatic N) is 1. The fourth-order valence-corrected chi connectivity index (χ4v) is 1.99. The van der Waals surface area contributed by atoms with Crippen molar-refractivity contribution in [1.29, 1.82) is 0 Å². The summed E-state index contributed by atoms with van der Waals surface area (Å²) in [5.74, 6) is 0. The molecule has 21 heavy (non-hydrogen) atoms. The third kappa shape index (κ3) is 6.56. The van der Waals surface area contributed by atoms with Crippen molar-refractivity contribution in [2.75, 3.05) is 21.2 Å². The fraction of sp³-hybridized carbons (Fsp3) is 0.368. The van der Waals surface area contributed by atoms with Crippen LogP contribution in [-0.4, -0.2) is 26.1 Å². The maximum Gasteiger partial charge on any atom is 0.0793 e. The predicted molar refractivity (Wildman–Crippen MR) is 90.4 cm³/mol. The average molecular weight is 285 g/mol. The highest BCUT2D eigenvalue weighted by Crippen LogP contribution is 2.13. The van der Waals surface area contributed by atoms with Gasteiger partial charge >= 0.3 is 0 Å². The molecule has 0 bridgehead atoms. The van der Waals surface area contributed by atoms with Crippen LogP contribution in [0.5, 0.6) is 0 Å². The van der Waals surface area contributed by atoms with Crippen molar-refractivity contribution in [2.45, 2.75) is 26.5 Å². The molecule has 0 amide bonds. The van der Waals surface area contributed by atoms with E-state index in [1.165, 1.54) is 16.7 Å². The Bertz CT molecular complexity index is 508. The van der Waals surface area contributed by atoms with Crippen LogP contribution in [0.15, 0.2) is 54.6 Å². The lowest BCUT2D eigenvalue weighted by Crippen LogP contribution is -2.11. The van der Waals surface area contributed by atoms with E-state index in [1.807, 2.05) is 25.1 Å². The first-order chi connectivity index (χ1) is 10.0. The maximum absolute atomic E-state index is 5.14. The van der Waals surface area contributed by atoms with Crippen LogP contribution in [0, 0.1) is 6.92 Å². The van der Waals surface area contributed by atoms with Gasteiger partial charge in [0.2, 0.25) is 0 Å². The summed E-state index contributed by atoms with van der Waals surface area (Å²) in [7, 11) is 5.90. The molecule has 2 aromatic carbocycles. The molecule has 0 saturated carbocycles. The van der Waals surface area contributed by atoms with Crippen LogP contribution >= 0.6 is 0 Å². The van der Waals surface area contributed by atoms with E-state index in [2.05, 4.69) is 62.3 Å². The van der Waals surface area contributed by atoms with E-state index < -0.39 is 0 Å². The van der Waals surface area contributed by atoms with Gasteiger partial charge in [-0.15, -0.1) is 0 Å². The third-order valence-corrected chi connectivity index (χ3v) is 3.37. The van der Waals surface area contributed by atoms with Gasteiger partial charge in [-0.05, 0) is 44.6 Å². The lowest BCUT2D eigenvalue weighted by Gasteiger charge is -2.11. The highest BCUT2D eigenvalue weighted by molar-refractivity contribution is 5.25. The van der Waals surface area contributed by atoms with Crippen LogP contribution in [0.4, 0.5) is 0 Å². The Balaban J connectivity index is 0.000000211. The van der Waals surface area contributed by atoms with Crippen LogP contribution in [0.1, 0.15) is 29.7 Å². The highest BCUT2D eigenvalue weighted by Gasteiger charge is 1.99. The molecule has 0 radical (unpaired) electrons. The Morgan fingerprint density at radius 2 is 1.52 bits per heavy atom. The zero-order chi connectivity index (χ0) is 15.7. The third-order valence-electron chi connectivity index (χ3n) is 3.37. The van der Waals surface area contributed by atoms with Gasteiger partial charge in [0.1, 0.15) is 0 Å². The Labute approximate surface area is 129 Å². The largest absolute Gasteiger partial charge is 0.377 e. The number of hydrogen-bond donors (Lipinski definition) is 0. The molecule has 0 aromatic heterocycles. The molecule has 2 nitrogen and oxygen atoms in total. The van der Waals surface area contributed by atoms with E-state index in [9.17, 15) is 0 Å². The van der Waals surface area contributed by atoms with Crippen molar-refractivity contribution in [1.82, 2.24) is 4.90 Å². The Morgan fingerprint density at radius 3 is 2.05 bits per heavy atom. The molecule has 0 fully saturated rings. The predicted octanol–water partition coefficient (Wildman–Crippen LogP) is 4.45. The van der Waals surface area contributed by atoms with E-state index in [0.29, 0.717) is 0 Å². The lowest BCUT2D eigenvalue weighted by molar-refractivity contribution is 0.119. The summed E-state index contributed by atoms with van der Waals surface area (Å²) >= 11 is 0. The zero-order valence-electron chi connectivity index (χ0n) is 13.8. The quantitative estimate of drug-likeness (QED) is 0.823. The van der Waals surface area contributed by atoms with E-state index >= 15 is 0 Å². The van der Waals surface area contributed by atoms with Gasteiger partial charge < -0.3 is 9.64 Å². The molecule has 2 aromatic rings. The maximum atomic E-state index is 5.14. The van der Waals surface area contributed by atoms with Crippen molar-refractivity contribution >= 4 is 0 Å². The minimum atomic E-state index is 0.209. The summed E-state index contributed by atoms with van der Waals surface area (Å²) in [4.78, 5) is 2.18. The Morgan fingerprint density at radius 1 is 0.952 bits per heavy atom. The van der Waals surface area contributed by atoms with Gasteiger partial charge in [-0.3, -0.25) is 0 Å². The average Bonchev–Trinajstić information content (AvgIpc) is 2.50. The molecular weight excluding hydrogens is 258 g/mol. The second kappa shape index (κ2) is 9.32. The molecule has 0 aliphatic heterocycles. The zero-order valence-corrected chi connectivity index (χ0v) is 13.8. The SMILES string of the molecule is CO[C@H](C)c1ccccc1.Cc1ccccc1CN(C)C. The lowest BCUT2D eigenvalue weighted by atomic mass is 10.1. The molecule has 0 spiro atoms. The van der Waals surface area contributed by atoms with Crippen LogP contribution in [0.2, 0.25) is 0 Å². The van der Waals surface area contributed by atoms with Gasteiger partial charge in [0, 0.05) is 13.7 Å². The molecule has 0 aliphatic carbocycles. The molecule has 0 aliphatic rings. The summed E-state index contributed by atoms with van der Waals surface area (Å²) in [6, 6.07) is 18.7. The minimum Gasteiger partial charge on any atom is -0.377 e. The summed E-state index contributed by atoms with van der Waals surface area (Å²) in [6.07, 6.45) is 0.209.